The number of carboxylic acid groups (broad SMARTS) is 1. The van der Waals surface area contributed by atoms with Gasteiger partial charge in [0.05, 0.1) is 26.1 Å². The fourth-order valence-corrected chi connectivity index (χ4v) is 14.8. The van der Waals surface area contributed by atoms with Crippen LogP contribution in [0.2, 0.25) is 0 Å². The number of rotatable bonds is 13. The SMILES string of the molecule is C=C(C)[C@@H]1CC[C@]2(CC(=O)CCCCN3CCOCC3)CC[C@]3(C)[C@H](CC[C@@H]4[C@@]5(C)CC[C@H](OC(=O)CC(C)(C)CC(=O)O)C(C)(C)[C@@H]5CC[C@]43C)[C@@H]12. The third kappa shape index (κ3) is 7.46. The number of carboxylic acids is 1. The summed E-state index contributed by atoms with van der Waals surface area (Å²) in [6.07, 6.45) is 15.1. The summed E-state index contributed by atoms with van der Waals surface area (Å²) in [6.45, 7) is 27.9. The summed E-state index contributed by atoms with van der Waals surface area (Å²) in [5, 5.41) is 9.36. The predicted octanol–water partition coefficient (Wildman–Crippen LogP) is 9.91. The van der Waals surface area contributed by atoms with Gasteiger partial charge in [0.1, 0.15) is 11.9 Å². The first-order valence-electron chi connectivity index (χ1n) is 21.7. The number of hydrogen-bond donors (Lipinski definition) is 1. The molecule has 10 atom stereocenters. The fourth-order valence-electron chi connectivity index (χ4n) is 14.8. The van der Waals surface area contributed by atoms with E-state index in [1.165, 1.54) is 50.5 Å². The van der Waals surface area contributed by atoms with E-state index in [-0.39, 0.29) is 52.0 Å². The standard InChI is InChI=1S/C46H75NO6/c1-31(2)33-15-20-46(28-32(48)12-10-11-23-47-24-26-52-27-25-47)22-21-44(8)34(40(33)46)13-14-36-43(7)18-17-37(42(5,6)35(43)16-19-45(36,44)9)53-39(51)30-41(3,4)29-38(49)50/h33-37,40H,1,10-30H2,2-9H3,(H,49,50)/t33-,34+,35-,36+,37-,40+,43-,44+,45+,46+/m0/s1. The van der Waals surface area contributed by atoms with Crippen LogP contribution in [-0.2, 0) is 23.9 Å². The number of carbonyl (C=O) groups is 3. The van der Waals surface area contributed by atoms with E-state index in [1.807, 2.05) is 13.8 Å². The number of aliphatic carboxylic acids is 1. The average Bonchev–Trinajstić information content (AvgIpc) is 3.44. The van der Waals surface area contributed by atoms with E-state index in [9.17, 15) is 19.5 Å². The number of fused-ring (bicyclic) bond motifs is 7. The van der Waals surface area contributed by atoms with E-state index in [2.05, 4.69) is 53.0 Å². The molecule has 7 nitrogen and oxygen atoms in total. The highest BCUT2D eigenvalue weighted by atomic mass is 16.5. The van der Waals surface area contributed by atoms with Crippen LogP contribution in [-0.4, -0.2) is 66.7 Å². The number of esters is 1. The lowest BCUT2D eigenvalue weighted by atomic mass is 9.32. The molecular formula is C46H75NO6. The third-order valence-corrected chi connectivity index (χ3v) is 17.5. The lowest BCUT2D eigenvalue weighted by Gasteiger charge is -2.73. The number of hydrogen-bond acceptors (Lipinski definition) is 6. The van der Waals surface area contributed by atoms with Gasteiger partial charge >= 0.3 is 11.9 Å². The molecule has 0 bridgehead atoms. The van der Waals surface area contributed by atoms with Gasteiger partial charge in [0.25, 0.3) is 0 Å². The second kappa shape index (κ2) is 15.0. The number of Topliss-reactive ketones (excluding diaryl/α,β-unsaturated/α-hetero) is 1. The van der Waals surface area contributed by atoms with Crippen molar-refractivity contribution in [3.8, 4) is 0 Å². The van der Waals surface area contributed by atoms with Gasteiger partial charge in [0.2, 0.25) is 0 Å². The van der Waals surface area contributed by atoms with Crippen LogP contribution in [0.4, 0.5) is 0 Å². The van der Waals surface area contributed by atoms with Crippen LogP contribution in [0.15, 0.2) is 12.2 Å². The number of carbonyl (C=O) groups excluding carboxylic acids is 2. The Labute approximate surface area is 322 Å². The maximum absolute atomic E-state index is 13.9. The van der Waals surface area contributed by atoms with Crippen LogP contribution < -0.4 is 0 Å². The highest BCUT2D eigenvalue weighted by Gasteiger charge is 2.71. The second-order valence-corrected chi connectivity index (χ2v) is 21.4. The van der Waals surface area contributed by atoms with Crippen LogP contribution >= 0.6 is 0 Å². The van der Waals surface area contributed by atoms with Gasteiger partial charge in [0.15, 0.2) is 0 Å². The lowest BCUT2D eigenvalue weighted by molar-refractivity contribution is -0.250. The first kappa shape index (κ1) is 40.9. The van der Waals surface area contributed by atoms with E-state index in [4.69, 9.17) is 9.47 Å². The molecule has 0 aromatic carbocycles. The van der Waals surface area contributed by atoms with Crippen molar-refractivity contribution in [1.29, 1.82) is 0 Å². The molecule has 53 heavy (non-hydrogen) atoms. The number of morpholine rings is 1. The van der Waals surface area contributed by atoms with Crippen LogP contribution in [0, 0.1) is 62.1 Å². The summed E-state index contributed by atoms with van der Waals surface area (Å²) in [7, 11) is 0. The second-order valence-electron chi connectivity index (χ2n) is 21.4. The van der Waals surface area contributed by atoms with E-state index in [1.54, 1.807) is 0 Å². The molecule has 6 aliphatic rings. The molecule has 5 saturated carbocycles. The molecule has 5 aliphatic carbocycles. The van der Waals surface area contributed by atoms with Gasteiger partial charge in [-0.15, -0.1) is 0 Å². The molecular weight excluding hydrogens is 663 g/mol. The largest absolute Gasteiger partial charge is 0.481 e. The molecule has 0 aromatic rings. The Morgan fingerprint density at radius 2 is 1.57 bits per heavy atom. The molecule has 0 aromatic heterocycles. The molecule has 0 spiro atoms. The molecule has 0 unspecified atom stereocenters. The summed E-state index contributed by atoms with van der Waals surface area (Å²) in [5.41, 5.74) is 1.29. The van der Waals surface area contributed by atoms with Crippen molar-refractivity contribution < 1.29 is 29.0 Å². The molecule has 6 rings (SSSR count). The number of ketones is 1. The quantitative estimate of drug-likeness (QED) is 0.114. The molecule has 7 heteroatoms. The van der Waals surface area contributed by atoms with Gasteiger partial charge in [-0.2, -0.15) is 0 Å². The molecule has 1 heterocycles. The van der Waals surface area contributed by atoms with Crippen molar-refractivity contribution in [2.45, 2.75) is 164 Å². The maximum Gasteiger partial charge on any atom is 0.306 e. The van der Waals surface area contributed by atoms with Crippen molar-refractivity contribution in [2.24, 2.45) is 62.1 Å². The normalized spacial score (nSPS) is 41.0. The molecule has 0 amide bonds. The van der Waals surface area contributed by atoms with Crippen molar-refractivity contribution in [2.75, 3.05) is 32.8 Å². The number of unbranched alkanes of at least 4 members (excludes halogenated alkanes) is 1. The zero-order valence-corrected chi connectivity index (χ0v) is 35.0. The maximum atomic E-state index is 13.9. The Balaban J connectivity index is 1.16. The molecule has 300 valence electrons. The number of ether oxygens (including phenoxy) is 2. The summed E-state index contributed by atoms with van der Waals surface area (Å²) in [4.78, 5) is 41.0. The fraction of sp³-hybridized carbons (Fsp3) is 0.891. The third-order valence-electron chi connectivity index (χ3n) is 17.5. The Hall–Kier alpha value is -1.73. The average molecular weight is 738 g/mol. The summed E-state index contributed by atoms with van der Waals surface area (Å²) in [5.74, 6) is 2.14. The molecule has 1 aliphatic heterocycles. The van der Waals surface area contributed by atoms with E-state index in [0.29, 0.717) is 35.4 Å². The molecule has 6 fully saturated rings. The van der Waals surface area contributed by atoms with E-state index < -0.39 is 11.4 Å². The minimum atomic E-state index is -0.879. The lowest BCUT2D eigenvalue weighted by Crippen LogP contribution is -2.66. The van der Waals surface area contributed by atoms with Crippen LogP contribution in [0.25, 0.3) is 0 Å². The monoisotopic (exact) mass is 738 g/mol. The number of allylic oxidation sites excluding steroid dienone is 1. The first-order valence-corrected chi connectivity index (χ1v) is 21.7. The Morgan fingerprint density at radius 3 is 2.25 bits per heavy atom. The molecule has 0 radical (unpaired) electrons. The van der Waals surface area contributed by atoms with Crippen molar-refractivity contribution in [1.82, 2.24) is 4.90 Å². The summed E-state index contributed by atoms with van der Waals surface area (Å²) in [6, 6.07) is 0. The van der Waals surface area contributed by atoms with E-state index in [0.717, 1.165) is 77.8 Å². The smallest absolute Gasteiger partial charge is 0.306 e. The van der Waals surface area contributed by atoms with Crippen LogP contribution in [0.1, 0.15) is 158 Å². The van der Waals surface area contributed by atoms with Crippen molar-refractivity contribution in [3.63, 3.8) is 0 Å². The van der Waals surface area contributed by atoms with Gasteiger partial charge in [-0.25, -0.2) is 0 Å². The minimum absolute atomic E-state index is 0.0436. The molecule has 1 saturated heterocycles. The topological polar surface area (TPSA) is 93.1 Å². The number of nitrogens with zero attached hydrogens (tertiary/aromatic N) is 1. The molecule has 1 N–H and O–H groups in total. The Morgan fingerprint density at radius 1 is 0.849 bits per heavy atom. The van der Waals surface area contributed by atoms with Crippen LogP contribution in [0.5, 0.6) is 0 Å². The first-order chi connectivity index (χ1) is 24.8. The highest BCUT2D eigenvalue weighted by Crippen LogP contribution is 2.78. The highest BCUT2D eigenvalue weighted by molar-refractivity contribution is 5.79. The minimum Gasteiger partial charge on any atom is -0.481 e. The predicted molar refractivity (Wildman–Crippen MR) is 210 cm³/mol. The Bertz CT molecular complexity index is 1400. The van der Waals surface area contributed by atoms with Crippen molar-refractivity contribution >= 4 is 17.7 Å². The van der Waals surface area contributed by atoms with Crippen LogP contribution in [0.3, 0.4) is 0 Å². The van der Waals surface area contributed by atoms with Gasteiger partial charge in [-0.05, 0) is 147 Å². The van der Waals surface area contributed by atoms with Gasteiger partial charge in [-0.3, -0.25) is 19.3 Å². The zero-order chi connectivity index (χ0) is 38.6. The van der Waals surface area contributed by atoms with Gasteiger partial charge in [-0.1, -0.05) is 60.6 Å². The Kier molecular flexibility index (Phi) is 11.6. The van der Waals surface area contributed by atoms with Gasteiger partial charge in [0, 0.05) is 31.3 Å². The zero-order valence-electron chi connectivity index (χ0n) is 35.0. The summed E-state index contributed by atoms with van der Waals surface area (Å²) < 4.78 is 11.8. The van der Waals surface area contributed by atoms with Gasteiger partial charge < -0.3 is 14.6 Å². The summed E-state index contributed by atoms with van der Waals surface area (Å²) >= 11 is 0. The van der Waals surface area contributed by atoms with E-state index >= 15 is 0 Å². The van der Waals surface area contributed by atoms with Crippen molar-refractivity contribution in [3.05, 3.63) is 12.2 Å².